The second-order valence-corrected chi connectivity index (χ2v) is 4.70. The summed E-state index contributed by atoms with van der Waals surface area (Å²) in [4.78, 5) is 21.9. The molecule has 1 amide bonds. The van der Waals surface area contributed by atoms with Crippen molar-refractivity contribution in [1.82, 2.24) is 5.32 Å². The van der Waals surface area contributed by atoms with E-state index in [1.165, 1.54) is 22.6 Å². The lowest BCUT2D eigenvalue weighted by Gasteiger charge is -2.18. The van der Waals surface area contributed by atoms with Gasteiger partial charge in [-0.25, -0.2) is 0 Å². The normalized spacial score (nSPS) is 12.9. The summed E-state index contributed by atoms with van der Waals surface area (Å²) >= 11 is 1.48. The third-order valence-corrected chi connectivity index (χ3v) is 2.57. The molecular formula is C11H9F3INO2. The number of amides is 1. The van der Waals surface area contributed by atoms with Crippen LogP contribution in [0.25, 0.3) is 0 Å². The average molecular weight is 371 g/mol. The van der Waals surface area contributed by atoms with Crippen molar-refractivity contribution in [2.75, 3.05) is 0 Å². The van der Waals surface area contributed by atoms with E-state index in [0.29, 0.717) is 5.56 Å². The Kier molecular flexibility index (Phi) is 5.12. The van der Waals surface area contributed by atoms with E-state index in [0.717, 1.165) is 0 Å². The number of carbonyl (C=O) groups excluding carboxylic acids is 2. The minimum absolute atomic E-state index is 0.188. The van der Waals surface area contributed by atoms with Crippen LogP contribution in [0.2, 0.25) is 0 Å². The number of nitrogens with one attached hydrogen (secondary N) is 1. The standard InChI is InChI=1S/C11H9F3INO2/c12-11(13,14)10(18)16-8(6-9(15)17)7-4-2-1-3-5-7/h1-5,8H,6H2,(H,16,18)/t8-/m0/s1. The molecule has 1 aromatic carbocycles. The highest BCUT2D eigenvalue weighted by Gasteiger charge is 2.40. The van der Waals surface area contributed by atoms with Gasteiger partial charge in [-0.05, 0) is 28.2 Å². The predicted molar refractivity (Wildman–Crippen MR) is 67.0 cm³/mol. The first-order valence-electron chi connectivity index (χ1n) is 4.91. The molecule has 0 spiro atoms. The Balaban J connectivity index is 2.87. The highest BCUT2D eigenvalue weighted by atomic mass is 127. The fourth-order valence-corrected chi connectivity index (χ4v) is 1.78. The molecule has 3 nitrogen and oxygen atoms in total. The monoisotopic (exact) mass is 371 g/mol. The Hall–Kier alpha value is -1.12. The summed E-state index contributed by atoms with van der Waals surface area (Å²) in [5, 5.41) is 1.82. The fourth-order valence-electron chi connectivity index (χ4n) is 1.34. The predicted octanol–water partition coefficient (Wildman–Crippen LogP) is 2.76. The van der Waals surface area contributed by atoms with E-state index in [9.17, 15) is 22.8 Å². The molecule has 0 aliphatic rings. The summed E-state index contributed by atoms with van der Waals surface area (Å²) in [5.74, 6) is -2.05. The highest BCUT2D eigenvalue weighted by Crippen LogP contribution is 2.22. The Labute approximate surface area is 115 Å². The van der Waals surface area contributed by atoms with Gasteiger partial charge in [-0.3, -0.25) is 9.59 Å². The van der Waals surface area contributed by atoms with Crippen LogP contribution in [-0.2, 0) is 9.59 Å². The van der Waals surface area contributed by atoms with Crippen molar-refractivity contribution in [3.63, 3.8) is 0 Å². The number of benzene rings is 1. The Morgan fingerprint density at radius 2 is 1.78 bits per heavy atom. The second-order valence-electron chi connectivity index (χ2n) is 3.49. The lowest BCUT2D eigenvalue weighted by atomic mass is 10.0. The Morgan fingerprint density at radius 3 is 2.22 bits per heavy atom. The lowest BCUT2D eigenvalue weighted by molar-refractivity contribution is -0.174. The van der Waals surface area contributed by atoms with Gasteiger partial charge in [0.05, 0.1) is 6.04 Å². The van der Waals surface area contributed by atoms with Gasteiger partial charge in [-0.1, -0.05) is 30.3 Å². The van der Waals surface area contributed by atoms with Crippen molar-refractivity contribution in [2.24, 2.45) is 0 Å². The zero-order valence-corrected chi connectivity index (χ0v) is 11.2. The molecule has 0 fully saturated rings. The number of halogens is 4. The molecule has 98 valence electrons. The number of carbonyl (C=O) groups is 2. The van der Waals surface area contributed by atoms with Gasteiger partial charge < -0.3 is 5.32 Å². The molecule has 0 aliphatic heterocycles. The van der Waals surface area contributed by atoms with E-state index in [1.54, 1.807) is 30.3 Å². The average Bonchev–Trinajstić information content (AvgIpc) is 2.27. The van der Waals surface area contributed by atoms with Crippen LogP contribution in [0.4, 0.5) is 13.2 Å². The van der Waals surface area contributed by atoms with Gasteiger partial charge in [-0.2, -0.15) is 13.2 Å². The number of hydrogen-bond acceptors (Lipinski definition) is 2. The van der Waals surface area contributed by atoms with Gasteiger partial charge in [-0.15, -0.1) is 0 Å². The van der Waals surface area contributed by atoms with Crippen LogP contribution in [0.3, 0.4) is 0 Å². The van der Waals surface area contributed by atoms with Gasteiger partial charge in [0.1, 0.15) is 0 Å². The summed E-state index contributed by atoms with van der Waals surface area (Å²) in [7, 11) is 0. The first kappa shape index (κ1) is 14.9. The number of alkyl halides is 3. The topological polar surface area (TPSA) is 46.2 Å². The number of hydrogen-bond donors (Lipinski definition) is 1. The van der Waals surface area contributed by atoms with Crippen LogP contribution in [0, 0.1) is 0 Å². The SMILES string of the molecule is O=C(I)C[C@H](NC(=O)C(F)(F)F)c1ccccc1. The summed E-state index contributed by atoms with van der Waals surface area (Å²) < 4.78 is 36.2. The number of rotatable bonds is 4. The van der Waals surface area contributed by atoms with Crippen molar-refractivity contribution in [2.45, 2.75) is 18.6 Å². The first-order chi connectivity index (χ1) is 8.30. The van der Waals surface area contributed by atoms with Gasteiger partial charge in [0.25, 0.3) is 0 Å². The van der Waals surface area contributed by atoms with Gasteiger partial charge in [0.15, 0.2) is 3.79 Å². The van der Waals surface area contributed by atoms with Crippen LogP contribution in [0.1, 0.15) is 18.0 Å². The van der Waals surface area contributed by atoms with E-state index in [-0.39, 0.29) is 10.2 Å². The van der Waals surface area contributed by atoms with Crippen molar-refractivity contribution in [1.29, 1.82) is 0 Å². The summed E-state index contributed by atoms with van der Waals surface area (Å²) in [6, 6.07) is 7.09. The van der Waals surface area contributed by atoms with E-state index >= 15 is 0 Å². The van der Waals surface area contributed by atoms with E-state index < -0.39 is 18.1 Å². The third kappa shape index (κ3) is 4.63. The van der Waals surface area contributed by atoms with E-state index in [1.807, 2.05) is 5.32 Å². The smallest absolute Gasteiger partial charge is 0.341 e. The molecule has 18 heavy (non-hydrogen) atoms. The molecule has 0 aliphatic carbocycles. The molecule has 1 rings (SSSR count). The summed E-state index contributed by atoms with van der Waals surface area (Å²) in [6.07, 6.45) is -5.15. The van der Waals surface area contributed by atoms with Gasteiger partial charge in [0.2, 0.25) is 0 Å². The van der Waals surface area contributed by atoms with Crippen molar-refractivity contribution in [3.8, 4) is 0 Å². The molecule has 0 radical (unpaired) electrons. The summed E-state index contributed by atoms with van der Waals surface area (Å²) in [5.41, 5.74) is 0.458. The Bertz CT molecular complexity index is 434. The van der Waals surface area contributed by atoms with E-state index in [2.05, 4.69) is 0 Å². The van der Waals surface area contributed by atoms with Crippen LogP contribution < -0.4 is 5.32 Å². The molecule has 7 heteroatoms. The minimum Gasteiger partial charge on any atom is -0.341 e. The first-order valence-corrected chi connectivity index (χ1v) is 5.99. The second kappa shape index (κ2) is 6.17. The van der Waals surface area contributed by atoms with Crippen LogP contribution in [0.15, 0.2) is 30.3 Å². The van der Waals surface area contributed by atoms with Crippen molar-refractivity contribution in [3.05, 3.63) is 35.9 Å². The summed E-state index contributed by atoms with van der Waals surface area (Å²) in [6.45, 7) is 0. The lowest BCUT2D eigenvalue weighted by Crippen LogP contribution is -2.39. The van der Waals surface area contributed by atoms with Crippen molar-refractivity contribution >= 4 is 32.3 Å². The maximum absolute atomic E-state index is 12.2. The molecule has 1 N–H and O–H groups in total. The molecule has 0 saturated heterocycles. The molecular weight excluding hydrogens is 362 g/mol. The van der Waals surface area contributed by atoms with Crippen LogP contribution >= 0.6 is 22.6 Å². The molecule has 0 saturated carbocycles. The molecule has 0 heterocycles. The van der Waals surface area contributed by atoms with Crippen LogP contribution in [-0.4, -0.2) is 15.9 Å². The van der Waals surface area contributed by atoms with E-state index in [4.69, 9.17) is 0 Å². The zero-order valence-electron chi connectivity index (χ0n) is 9.00. The highest BCUT2D eigenvalue weighted by molar-refractivity contribution is 14.1. The third-order valence-electron chi connectivity index (χ3n) is 2.13. The van der Waals surface area contributed by atoms with Crippen molar-refractivity contribution < 1.29 is 22.8 Å². The zero-order chi connectivity index (χ0) is 13.8. The van der Waals surface area contributed by atoms with Gasteiger partial charge in [0, 0.05) is 6.42 Å². The van der Waals surface area contributed by atoms with Crippen LogP contribution in [0.5, 0.6) is 0 Å². The maximum atomic E-state index is 12.2. The molecule has 0 aromatic heterocycles. The quantitative estimate of drug-likeness (QED) is 0.654. The molecule has 0 bridgehead atoms. The fraction of sp³-hybridized carbons (Fsp3) is 0.273. The molecule has 1 atom stereocenters. The maximum Gasteiger partial charge on any atom is 0.471 e. The minimum atomic E-state index is -4.96. The molecule has 1 aromatic rings. The largest absolute Gasteiger partial charge is 0.471 e. The Morgan fingerprint density at radius 1 is 1.22 bits per heavy atom. The van der Waals surface area contributed by atoms with Gasteiger partial charge >= 0.3 is 12.1 Å². The molecule has 0 unspecified atom stereocenters.